The molecule has 0 amide bonds. The van der Waals surface area contributed by atoms with Crippen molar-refractivity contribution in [1.29, 1.82) is 0 Å². The first-order valence-corrected chi connectivity index (χ1v) is 15.9. The molecule has 226 valence electrons. The molecule has 1 aliphatic rings. The molecule has 0 spiro atoms. The van der Waals surface area contributed by atoms with Crippen LogP contribution in [0.4, 0.5) is 8.78 Å². The zero-order valence-corrected chi connectivity index (χ0v) is 25.3. The van der Waals surface area contributed by atoms with Crippen LogP contribution in [0, 0.1) is 13.8 Å². The number of halogens is 2. The Morgan fingerprint density at radius 3 is 2.10 bits per heavy atom. The molecule has 3 aromatic rings. The molecule has 3 aromatic carbocycles. The number of hydrogen-bond donors (Lipinski definition) is 1. The first kappa shape index (κ1) is 32.1. The standard InChI is InChI=1S/C30H32F2O8S2/c1-20-17-26(18-21(2)28(20)40-27(33)19-37-22(3)30(31,32)42(34,35)36)41(24-9-6-5-7-10-24)25-13-11-23(12-14-25)29(4)38-15-8-16-39-29/h5-7,9-14,17-18,22H,8,15-16,19H2,1-4H3/p+1. The van der Waals surface area contributed by atoms with Crippen LogP contribution in [-0.2, 0) is 45.8 Å². The highest BCUT2D eigenvalue weighted by Gasteiger charge is 2.50. The van der Waals surface area contributed by atoms with Crippen LogP contribution in [0.3, 0.4) is 0 Å². The summed E-state index contributed by atoms with van der Waals surface area (Å²) >= 11 is 0. The Labute approximate surface area is 247 Å². The molecule has 1 saturated heterocycles. The van der Waals surface area contributed by atoms with E-state index in [4.69, 9.17) is 23.5 Å². The van der Waals surface area contributed by atoms with Gasteiger partial charge in [0.05, 0.1) is 24.1 Å². The SMILES string of the molecule is Cc1cc([S+](c2ccccc2)c2ccc(C3(C)OCCCO3)cc2)cc(C)c1OC(=O)COC(C)C(F)(F)S(=O)(=O)O. The summed E-state index contributed by atoms with van der Waals surface area (Å²) in [6.45, 7) is 6.50. The maximum atomic E-state index is 13.7. The van der Waals surface area contributed by atoms with E-state index >= 15 is 0 Å². The minimum atomic E-state index is -5.71. The van der Waals surface area contributed by atoms with Gasteiger partial charge in [-0.25, -0.2) is 4.79 Å². The quantitative estimate of drug-likeness (QED) is 0.131. The van der Waals surface area contributed by atoms with E-state index in [9.17, 15) is 22.0 Å². The Morgan fingerprint density at radius 1 is 1.00 bits per heavy atom. The molecule has 12 heteroatoms. The number of alkyl halides is 2. The van der Waals surface area contributed by atoms with Crippen molar-refractivity contribution in [2.24, 2.45) is 0 Å². The molecular formula is C30H33F2O8S2+. The lowest BCUT2D eigenvalue weighted by atomic mass is 10.1. The smallest absolute Gasteiger partial charge is 0.394 e. The second-order valence-corrected chi connectivity index (χ2v) is 13.5. The molecule has 2 atom stereocenters. The number of aryl methyl sites for hydroxylation is 2. The summed E-state index contributed by atoms with van der Waals surface area (Å²) in [5, 5.41) is -4.58. The Morgan fingerprint density at radius 2 is 1.55 bits per heavy atom. The van der Waals surface area contributed by atoms with Crippen LogP contribution in [0.5, 0.6) is 5.75 Å². The fourth-order valence-corrected chi connectivity index (χ4v) is 7.22. The Kier molecular flexibility index (Phi) is 9.75. The number of carbonyl (C=O) groups is 1. The van der Waals surface area contributed by atoms with Gasteiger partial charge >= 0.3 is 21.3 Å². The van der Waals surface area contributed by atoms with Crippen molar-refractivity contribution >= 4 is 27.0 Å². The number of esters is 1. The molecule has 0 aliphatic carbocycles. The monoisotopic (exact) mass is 623 g/mol. The largest absolute Gasteiger partial charge is 0.424 e. The minimum Gasteiger partial charge on any atom is -0.424 e. The molecule has 1 aliphatic heterocycles. The first-order valence-electron chi connectivity index (χ1n) is 13.2. The van der Waals surface area contributed by atoms with Gasteiger partial charge in [0.25, 0.3) is 0 Å². The van der Waals surface area contributed by atoms with E-state index in [2.05, 4.69) is 12.1 Å². The van der Waals surface area contributed by atoms with Crippen molar-refractivity contribution in [3.63, 3.8) is 0 Å². The highest BCUT2D eigenvalue weighted by Crippen LogP contribution is 2.37. The van der Waals surface area contributed by atoms with Gasteiger partial charge in [0.1, 0.15) is 18.5 Å². The van der Waals surface area contributed by atoms with E-state index in [1.807, 2.05) is 61.5 Å². The summed E-state index contributed by atoms with van der Waals surface area (Å²) in [6.07, 6.45) is -1.42. The minimum absolute atomic E-state index is 0.244. The van der Waals surface area contributed by atoms with E-state index in [0.29, 0.717) is 24.3 Å². The van der Waals surface area contributed by atoms with Crippen LogP contribution in [-0.4, -0.2) is 50.1 Å². The van der Waals surface area contributed by atoms with Gasteiger partial charge in [-0.2, -0.15) is 17.2 Å². The normalized spacial score (nSPS) is 16.9. The van der Waals surface area contributed by atoms with E-state index in [-0.39, 0.29) is 5.75 Å². The van der Waals surface area contributed by atoms with Crippen molar-refractivity contribution in [1.82, 2.24) is 0 Å². The number of ether oxygens (including phenoxy) is 4. The molecular weight excluding hydrogens is 590 g/mol. The second kappa shape index (κ2) is 12.8. The van der Waals surface area contributed by atoms with Gasteiger partial charge < -0.3 is 18.9 Å². The zero-order valence-electron chi connectivity index (χ0n) is 23.6. The predicted octanol–water partition coefficient (Wildman–Crippen LogP) is 5.80. The predicted molar refractivity (Wildman–Crippen MR) is 152 cm³/mol. The lowest BCUT2D eigenvalue weighted by Gasteiger charge is -2.34. The fraction of sp³-hybridized carbons (Fsp3) is 0.367. The van der Waals surface area contributed by atoms with E-state index in [0.717, 1.165) is 33.6 Å². The van der Waals surface area contributed by atoms with Gasteiger partial charge in [-0.3, -0.25) is 4.55 Å². The van der Waals surface area contributed by atoms with Crippen LogP contribution < -0.4 is 4.74 Å². The number of carbonyl (C=O) groups excluding carboxylic acids is 1. The van der Waals surface area contributed by atoms with Crippen LogP contribution >= 0.6 is 0 Å². The molecule has 1 N–H and O–H groups in total. The number of rotatable bonds is 10. The van der Waals surface area contributed by atoms with Crippen molar-refractivity contribution in [3.8, 4) is 5.75 Å². The Hall–Kier alpha value is -2.87. The van der Waals surface area contributed by atoms with Gasteiger partial charge in [-0.15, -0.1) is 0 Å². The molecule has 1 fully saturated rings. The van der Waals surface area contributed by atoms with Crippen LogP contribution in [0.15, 0.2) is 81.4 Å². The van der Waals surface area contributed by atoms with Gasteiger partial charge in [-0.05, 0) is 81.6 Å². The fourth-order valence-electron chi connectivity index (χ4n) is 4.49. The average Bonchev–Trinajstić information content (AvgIpc) is 2.94. The molecule has 1 heterocycles. The summed E-state index contributed by atoms with van der Waals surface area (Å²) in [7, 11) is -6.24. The summed E-state index contributed by atoms with van der Waals surface area (Å²) < 4.78 is 80.0. The van der Waals surface area contributed by atoms with Crippen LogP contribution in [0.2, 0.25) is 0 Å². The second-order valence-electron chi connectivity index (χ2n) is 9.99. The highest BCUT2D eigenvalue weighted by atomic mass is 32.2. The van der Waals surface area contributed by atoms with E-state index in [1.54, 1.807) is 13.8 Å². The molecule has 0 radical (unpaired) electrons. The van der Waals surface area contributed by atoms with Crippen molar-refractivity contribution in [2.75, 3.05) is 19.8 Å². The van der Waals surface area contributed by atoms with Gasteiger partial charge in [0.2, 0.25) is 0 Å². The van der Waals surface area contributed by atoms with Gasteiger partial charge in [-0.1, -0.05) is 18.2 Å². The maximum absolute atomic E-state index is 13.7. The summed E-state index contributed by atoms with van der Waals surface area (Å²) in [4.78, 5) is 15.5. The summed E-state index contributed by atoms with van der Waals surface area (Å²) in [6, 6.07) is 21.9. The lowest BCUT2D eigenvalue weighted by molar-refractivity contribution is -0.264. The van der Waals surface area contributed by atoms with Crippen molar-refractivity contribution in [2.45, 2.75) is 65.9 Å². The molecule has 42 heavy (non-hydrogen) atoms. The average molecular weight is 624 g/mol. The van der Waals surface area contributed by atoms with Crippen LogP contribution in [0.25, 0.3) is 0 Å². The van der Waals surface area contributed by atoms with Crippen molar-refractivity contribution < 1.29 is 45.5 Å². The molecule has 0 saturated carbocycles. The summed E-state index contributed by atoms with van der Waals surface area (Å²) in [5.74, 6) is -1.55. The third-order valence-electron chi connectivity index (χ3n) is 6.79. The lowest BCUT2D eigenvalue weighted by Crippen LogP contribution is -2.42. The topological polar surface area (TPSA) is 108 Å². The Bertz CT molecular complexity index is 1480. The molecule has 8 nitrogen and oxygen atoms in total. The zero-order chi connectivity index (χ0) is 30.7. The Balaban J connectivity index is 1.58. The molecule has 0 aromatic heterocycles. The van der Waals surface area contributed by atoms with E-state index in [1.165, 1.54) is 0 Å². The highest BCUT2D eigenvalue weighted by molar-refractivity contribution is 7.97. The maximum Gasteiger partial charge on any atom is 0.394 e. The van der Waals surface area contributed by atoms with Crippen LogP contribution in [0.1, 0.15) is 37.0 Å². The van der Waals surface area contributed by atoms with Crippen molar-refractivity contribution in [3.05, 3.63) is 83.4 Å². The van der Waals surface area contributed by atoms with E-state index < -0.39 is 50.7 Å². The number of benzene rings is 3. The summed E-state index contributed by atoms with van der Waals surface area (Å²) in [5.41, 5.74) is 2.19. The molecule has 0 bridgehead atoms. The van der Waals surface area contributed by atoms with Gasteiger partial charge in [0.15, 0.2) is 20.5 Å². The molecule has 2 unspecified atom stereocenters. The number of hydrogen-bond acceptors (Lipinski definition) is 7. The van der Waals surface area contributed by atoms with Gasteiger partial charge in [0, 0.05) is 17.7 Å². The molecule has 4 rings (SSSR count). The first-order chi connectivity index (χ1) is 19.7. The third kappa shape index (κ3) is 7.01. The third-order valence-corrected chi connectivity index (χ3v) is 10.0.